The Morgan fingerprint density at radius 3 is 2.35 bits per heavy atom. The third kappa shape index (κ3) is 3.06. The van der Waals surface area contributed by atoms with E-state index in [1.165, 1.54) is 11.6 Å². The number of rotatable bonds is 4. The molecule has 0 saturated heterocycles. The third-order valence-corrected chi connectivity index (χ3v) is 2.53. The second-order valence-electron chi connectivity index (χ2n) is 3.93. The van der Waals surface area contributed by atoms with Gasteiger partial charge in [-0.25, -0.2) is 4.39 Å². The van der Waals surface area contributed by atoms with Gasteiger partial charge in [-0.05, 0) is 36.2 Å². The molecule has 0 aromatic heterocycles. The Morgan fingerprint density at radius 2 is 1.71 bits per heavy atom. The fraction of sp³-hybridized carbons (Fsp3) is 0.200. The van der Waals surface area contributed by atoms with Crippen molar-refractivity contribution in [1.29, 1.82) is 0 Å². The van der Waals surface area contributed by atoms with Crippen LogP contribution in [0.3, 0.4) is 0 Å². The van der Waals surface area contributed by atoms with E-state index in [2.05, 4.69) is 6.92 Å². The van der Waals surface area contributed by atoms with Gasteiger partial charge in [0.05, 0.1) is 0 Å². The van der Waals surface area contributed by atoms with Crippen LogP contribution in [0.1, 0.15) is 18.9 Å². The fourth-order valence-corrected chi connectivity index (χ4v) is 1.67. The van der Waals surface area contributed by atoms with Crippen LogP contribution in [0.4, 0.5) is 4.39 Å². The Hall–Kier alpha value is -1.83. The molecule has 0 heterocycles. The number of halogens is 1. The summed E-state index contributed by atoms with van der Waals surface area (Å²) < 4.78 is 18.8. The van der Waals surface area contributed by atoms with Crippen LogP contribution in [0.15, 0.2) is 48.5 Å². The molecule has 0 saturated carbocycles. The zero-order chi connectivity index (χ0) is 12.1. The molecule has 0 amide bonds. The van der Waals surface area contributed by atoms with Crippen molar-refractivity contribution in [2.75, 3.05) is 0 Å². The first-order valence-electron chi connectivity index (χ1n) is 5.81. The molecule has 2 aromatic carbocycles. The molecule has 2 rings (SSSR count). The van der Waals surface area contributed by atoms with Crippen LogP contribution < -0.4 is 4.74 Å². The normalized spacial score (nSPS) is 10.2. The van der Waals surface area contributed by atoms with Gasteiger partial charge in [0, 0.05) is 0 Å². The Bertz CT molecular complexity index is 477. The van der Waals surface area contributed by atoms with Gasteiger partial charge in [-0.2, -0.15) is 0 Å². The SMILES string of the molecule is CCCc1ccc(Oc2ccccc2F)cc1. The number of ether oxygens (including phenoxy) is 1. The van der Waals surface area contributed by atoms with Gasteiger partial charge >= 0.3 is 0 Å². The van der Waals surface area contributed by atoms with Crippen molar-refractivity contribution in [3.8, 4) is 11.5 Å². The standard InChI is InChI=1S/C15H15FO/c1-2-5-12-8-10-13(11-9-12)17-15-7-4-3-6-14(15)16/h3-4,6-11H,2,5H2,1H3. The molecule has 0 aliphatic carbocycles. The highest BCUT2D eigenvalue weighted by atomic mass is 19.1. The summed E-state index contributed by atoms with van der Waals surface area (Å²) in [6, 6.07) is 14.2. The summed E-state index contributed by atoms with van der Waals surface area (Å²) in [5, 5.41) is 0. The smallest absolute Gasteiger partial charge is 0.165 e. The molecule has 0 N–H and O–H groups in total. The summed E-state index contributed by atoms with van der Waals surface area (Å²) in [7, 11) is 0. The quantitative estimate of drug-likeness (QED) is 0.747. The molecule has 0 bridgehead atoms. The topological polar surface area (TPSA) is 9.23 Å². The Balaban J connectivity index is 2.11. The molecule has 17 heavy (non-hydrogen) atoms. The van der Waals surface area contributed by atoms with E-state index in [1.807, 2.05) is 24.3 Å². The van der Waals surface area contributed by atoms with Gasteiger partial charge < -0.3 is 4.74 Å². The van der Waals surface area contributed by atoms with Gasteiger partial charge in [0.25, 0.3) is 0 Å². The Kier molecular flexibility index (Phi) is 3.76. The lowest BCUT2D eigenvalue weighted by Gasteiger charge is -2.07. The van der Waals surface area contributed by atoms with E-state index >= 15 is 0 Å². The van der Waals surface area contributed by atoms with Crippen molar-refractivity contribution in [1.82, 2.24) is 0 Å². The molecular formula is C15H15FO. The fourth-order valence-electron chi connectivity index (χ4n) is 1.67. The summed E-state index contributed by atoms with van der Waals surface area (Å²) in [6.07, 6.45) is 2.17. The van der Waals surface area contributed by atoms with Gasteiger partial charge in [-0.3, -0.25) is 0 Å². The van der Waals surface area contributed by atoms with Crippen LogP contribution in [0, 0.1) is 5.82 Å². The Labute approximate surface area is 101 Å². The van der Waals surface area contributed by atoms with Crippen molar-refractivity contribution in [3.63, 3.8) is 0 Å². The molecule has 0 radical (unpaired) electrons. The first kappa shape index (κ1) is 11.6. The first-order chi connectivity index (χ1) is 8.29. The monoisotopic (exact) mass is 230 g/mol. The minimum absolute atomic E-state index is 0.260. The summed E-state index contributed by atoms with van der Waals surface area (Å²) in [6.45, 7) is 2.14. The molecule has 0 spiro atoms. The van der Waals surface area contributed by atoms with E-state index in [1.54, 1.807) is 18.2 Å². The lowest BCUT2D eigenvalue weighted by molar-refractivity contribution is 0.442. The number of hydrogen-bond acceptors (Lipinski definition) is 1. The minimum atomic E-state index is -0.342. The summed E-state index contributed by atoms with van der Waals surface area (Å²) in [5.74, 6) is 0.579. The predicted octanol–water partition coefficient (Wildman–Crippen LogP) is 4.57. The highest BCUT2D eigenvalue weighted by Gasteiger charge is 2.02. The van der Waals surface area contributed by atoms with Crippen LogP contribution in [0.25, 0.3) is 0 Å². The molecule has 1 nitrogen and oxygen atoms in total. The number of para-hydroxylation sites is 1. The number of benzene rings is 2. The highest BCUT2D eigenvalue weighted by Crippen LogP contribution is 2.24. The summed E-state index contributed by atoms with van der Waals surface area (Å²) in [4.78, 5) is 0. The van der Waals surface area contributed by atoms with Gasteiger partial charge in [-0.15, -0.1) is 0 Å². The second-order valence-corrected chi connectivity index (χ2v) is 3.93. The van der Waals surface area contributed by atoms with E-state index in [0.717, 1.165) is 12.8 Å². The van der Waals surface area contributed by atoms with Crippen molar-refractivity contribution >= 4 is 0 Å². The summed E-state index contributed by atoms with van der Waals surface area (Å²) in [5.41, 5.74) is 1.27. The van der Waals surface area contributed by atoms with Crippen molar-refractivity contribution in [2.45, 2.75) is 19.8 Å². The lowest BCUT2D eigenvalue weighted by Crippen LogP contribution is -1.88. The van der Waals surface area contributed by atoms with Gasteiger partial charge in [0.2, 0.25) is 0 Å². The molecule has 0 aliphatic rings. The molecular weight excluding hydrogens is 215 g/mol. The molecule has 0 aliphatic heterocycles. The van der Waals surface area contributed by atoms with Gasteiger partial charge in [0.1, 0.15) is 5.75 Å². The van der Waals surface area contributed by atoms with Crippen molar-refractivity contribution in [2.24, 2.45) is 0 Å². The summed E-state index contributed by atoms with van der Waals surface area (Å²) >= 11 is 0. The van der Waals surface area contributed by atoms with Crippen LogP contribution in [-0.2, 0) is 6.42 Å². The lowest BCUT2D eigenvalue weighted by atomic mass is 10.1. The van der Waals surface area contributed by atoms with Crippen LogP contribution in [-0.4, -0.2) is 0 Å². The zero-order valence-electron chi connectivity index (χ0n) is 9.82. The van der Waals surface area contributed by atoms with Crippen molar-refractivity contribution < 1.29 is 9.13 Å². The average molecular weight is 230 g/mol. The Morgan fingerprint density at radius 1 is 1.00 bits per heavy atom. The molecule has 2 aromatic rings. The van der Waals surface area contributed by atoms with E-state index in [-0.39, 0.29) is 11.6 Å². The second kappa shape index (κ2) is 5.48. The maximum atomic E-state index is 13.4. The zero-order valence-corrected chi connectivity index (χ0v) is 9.82. The van der Waals surface area contributed by atoms with Crippen molar-refractivity contribution in [3.05, 3.63) is 59.9 Å². The van der Waals surface area contributed by atoms with E-state index in [0.29, 0.717) is 5.75 Å². The minimum Gasteiger partial charge on any atom is -0.454 e. The van der Waals surface area contributed by atoms with Gasteiger partial charge in [-0.1, -0.05) is 37.6 Å². The maximum Gasteiger partial charge on any atom is 0.165 e. The number of hydrogen-bond donors (Lipinski definition) is 0. The third-order valence-electron chi connectivity index (χ3n) is 2.53. The van der Waals surface area contributed by atoms with Crippen LogP contribution in [0.2, 0.25) is 0 Å². The van der Waals surface area contributed by atoms with E-state index in [9.17, 15) is 4.39 Å². The molecule has 0 atom stereocenters. The van der Waals surface area contributed by atoms with E-state index < -0.39 is 0 Å². The van der Waals surface area contributed by atoms with Crippen LogP contribution >= 0.6 is 0 Å². The highest BCUT2D eigenvalue weighted by molar-refractivity contribution is 5.33. The van der Waals surface area contributed by atoms with Gasteiger partial charge in [0.15, 0.2) is 11.6 Å². The molecule has 0 fully saturated rings. The van der Waals surface area contributed by atoms with Crippen LogP contribution in [0.5, 0.6) is 11.5 Å². The number of aryl methyl sites for hydroxylation is 1. The predicted molar refractivity (Wildman–Crippen MR) is 66.9 cm³/mol. The maximum absolute atomic E-state index is 13.4. The first-order valence-corrected chi connectivity index (χ1v) is 5.81. The molecule has 2 heteroatoms. The largest absolute Gasteiger partial charge is 0.454 e. The van der Waals surface area contributed by atoms with E-state index in [4.69, 9.17) is 4.74 Å². The molecule has 88 valence electrons. The molecule has 0 unspecified atom stereocenters. The average Bonchev–Trinajstić information content (AvgIpc) is 2.35.